The molecule has 0 unspecified atom stereocenters. The number of benzene rings is 5. The normalized spacial score (nSPS) is 13.0. The molecule has 236 valence electrons. The predicted molar refractivity (Wildman–Crippen MR) is 162 cm³/mol. The third kappa shape index (κ3) is 8.39. The first-order chi connectivity index (χ1) is 21.4. The maximum atomic E-state index is 12.3. The monoisotopic (exact) mass is 800 g/mol. The van der Waals surface area contributed by atoms with Gasteiger partial charge in [0.25, 0.3) is 0 Å². The van der Waals surface area contributed by atoms with Crippen LogP contribution in [0.1, 0.15) is 11.1 Å². The van der Waals surface area contributed by atoms with Gasteiger partial charge in [-0.05, 0) is 13.8 Å². The fraction of sp³-hybridized carbons (Fsp3) is 0.0625. The summed E-state index contributed by atoms with van der Waals surface area (Å²) in [6, 6.07) is 37.7. The van der Waals surface area contributed by atoms with Crippen LogP contribution in [0.15, 0.2) is 152 Å². The Balaban J connectivity index is 1.49. The topological polar surface area (TPSA) is 157 Å². The van der Waals surface area contributed by atoms with E-state index in [1.165, 1.54) is 11.8 Å². The van der Waals surface area contributed by atoms with E-state index in [1.54, 1.807) is 78.9 Å². The fourth-order valence-corrected chi connectivity index (χ4v) is 15.5. The molecular weight excluding hydrogens is 774 g/mol. The quantitative estimate of drug-likeness (QED) is 0.183. The van der Waals surface area contributed by atoms with Crippen molar-refractivity contribution in [1.29, 1.82) is 0 Å². The van der Waals surface area contributed by atoms with Crippen LogP contribution in [0.3, 0.4) is 0 Å². The molecule has 0 heterocycles. The van der Waals surface area contributed by atoms with E-state index >= 15 is 0 Å². The smallest absolute Gasteiger partial charge is 0.0619 e. The molecule has 0 aliphatic rings. The molecule has 8 nitrogen and oxygen atoms in total. The maximum absolute atomic E-state index is 12.3. The van der Waals surface area contributed by atoms with E-state index in [1.807, 2.05) is 62.4 Å². The van der Waals surface area contributed by atoms with Gasteiger partial charge in [-0.1, -0.05) is 36.4 Å². The second-order valence-corrected chi connectivity index (χ2v) is 20.2. The zero-order valence-electron chi connectivity index (χ0n) is 23.8. The third-order valence-electron chi connectivity index (χ3n) is 6.44. The van der Waals surface area contributed by atoms with Gasteiger partial charge in [0.1, 0.15) is 0 Å². The van der Waals surface area contributed by atoms with Crippen molar-refractivity contribution >= 4 is 42.3 Å². The summed E-state index contributed by atoms with van der Waals surface area (Å²) in [6.07, 6.45) is 0. The van der Waals surface area contributed by atoms with Crippen molar-refractivity contribution in [3.63, 3.8) is 0 Å². The Labute approximate surface area is 279 Å². The van der Waals surface area contributed by atoms with Gasteiger partial charge in [0.05, 0.1) is 0 Å². The third-order valence-corrected chi connectivity index (χ3v) is 18.1. The Kier molecular flexibility index (Phi) is 10.8. The van der Waals surface area contributed by atoms with Gasteiger partial charge in [-0.15, -0.1) is 0 Å². The van der Waals surface area contributed by atoms with Crippen LogP contribution in [0.25, 0.3) is 0 Å². The van der Waals surface area contributed by atoms with Crippen molar-refractivity contribution in [1.82, 2.24) is 0 Å². The Morgan fingerprint density at radius 2 is 0.978 bits per heavy atom. The molecule has 0 aromatic heterocycles. The molecule has 5 rings (SSSR count). The Hall–Kier alpha value is -2.21. The molecule has 0 fully saturated rings. The molecule has 5 aromatic rings. The first kappa shape index (κ1) is 34.1. The summed E-state index contributed by atoms with van der Waals surface area (Å²) in [4.78, 5) is 3.40. The molecule has 0 radical (unpaired) electrons. The van der Waals surface area contributed by atoms with E-state index in [9.17, 15) is 28.0 Å². The van der Waals surface area contributed by atoms with Crippen LogP contribution in [0.4, 0.5) is 0 Å². The SMILES string of the molecule is Cc1ccccc1S(O[Cl+3]([O-])([O-])[O-])(c1ccc(Sc2ccc(I(O[Cl+3]([O-])([O-])[O-])c3ccccc3)cc2)cc1)c1ccccc1C. The number of halogens is 3. The molecule has 0 aliphatic carbocycles. The van der Waals surface area contributed by atoms with Crippen LogP contribution in [-0.4, -0.2) is 0 Å². The summed E-state index contributed by atoms with van der Waals surface area (Å²) in [5.74, 6) is 0. The number of aryl methyl sites for hydroxylation is 2. The predicted octanol–water partition coefficient (Wildman–Crippen LogP) is 2.94. The van der Waals surface area contributed by atoms with Crippen molar-refractivity contribution in [3.8, 4) is 0 Å². The summed E-state index contributed by atoms with van der Waals surface area (Å²) in [6.45, 7) is 3.70. The van der Waals surface area contributed by atoms with Crippen LogP contribution in [0.5, 0.6) is 0 Å². The standard InChI is InChI=1S/C32H27Cl2IO8S2/c1-24-10-6-8-14-31(24)45(43-34(39,40)41,32-15-9-7-11-25(32)2)30-22-20-29(21-23-30)44-28-18-16-27(17-19-28)35(42-33(36,37)38)26-12-4-3-5-13-26/h3-23H,1-2H3. The van der Waals surface area contributed by atoms with Crippen molar-refractivity contribution < 1.29 is 54.8 Å². The zero-order valence-corrected chi connectivity index (χ0v) is 29.1. The molecule has 0 bridgehead atoms. The molecule has 0 saturated heterocycles. The Morgan fingerprint density at radius 1 is 0.533 bits per heavy atom. The molecular formula is C32H27Cl2IO8S2. The number of rotatable bonds is 11. The van der Waals surface area contributed by atoms with Gasteiger partial charge in [0.2, 0.25) is 0 Å². The van der Waals surface area contributed by atoms with Crippen molar-refractivity contribution in [3.05, 3.63) is 146 Å². The summed E-state index contributed by atoms with van der Waals surface area (Å²) in [5, 5.41) is 0. The minimum atomic E-state index is -4.82. The summed E-state index contributed by atoms with van der Waals surface area (Å²) >= 11 is -1.59. The second-order valence-electron chi connectivity index (χ2n) is 9.54. The molecule has 45 heavy (non-hydrogen) atoms. The van der Waals surface area contributed by atoms with Crippen molar-refractivity contribution in [2.75, 3.05) is 0 Å². The van der Waals surface area contributed by atoms with Gasteiger partial charge < -0.3 is 0 Å². The molecule has 13 heteroatoms. The Bertz CT molecular complexity index is 1690. The van der Waals surface area contributed by atoms with Gasteiger partial charge in [0.15, 0.2) is 0 Å². The van der Waals surface area contributed by atoms with Crippen molar-refractivity contribution in [2.45, 2.75) is 38.3 Å². The first-order valence-electron chi connectivity index (χ1n) is 13.2. The number of hydrogen-bond acceptors (Lipinski definition) is 9. The van der Waals surface area contributed by atoms with E-state index in [0.717, 1.165) is 20.9 Å². The summed E-state index contributed by atoms with van der Waals surface area (Å²) in [7, 11) is -12.4. The van der Waals surface area contributed by atoms with Crippen LogP contribution in [0, 0.1) is 41.5 Å². The van der Waals surface area contributed by atoms with E-state index in [4.69, 9.17) is 6.35 Å². The van der Waals surface area contributed by atoms with Crippen LogP contribution in [0.2, 0.25) is 0 Å². The Morgan fingerprint density at radius 3 is 1.44 bits per heavy atom. The van der Waals surface area contributed by atoms with Crippen LogP contribution in [-0.2, 0) is 6.35 Å². The average Bonchev–Trinajstić information content (AvgIpc) is 3.00. The summed E-state index contributed by atoms with van der Waals surface area (Å²) in [5.41, 5.74) is 1.55. The summed E-state index contributed by atoms with van der Waals surface area (Å²) < 4.78 is 83.2. The fourth-order valence-electron chi connectivity index (χ4n) is 4.60. The van der Waals surface area contributed by atoms with Gasteiger partial charge in [-0.3, -0.25) is 0 Å². The van der Waals surface area contributed by atoms with E-state index in [2.05, 4.69) is 0 Å². The number of hydrogen-bond donors (Lipinski definition) is 0. The van der Waals surface area contributed by atoms with Gasteiger partial charge >= 0.3 is 217 Å². The average molecular weight is 802 g/mol. The van der Waals surface area contributed by atoms with Gasteiger partial charge in [0, 0.05) is 0 Å². The molecule has 0 N–H and O–H groups in total. The van der Waals surface area contributed by atoms with Crippen molar-refractivity contribution in [2.24, 2.45) is 0 Å². The molecule has 0 saturated carbocycles. The zero-order chi connectivity index (χ0) is 32.2. The molecule has 0 spiro atoms. The molecule has 5 aromatic carbocycles. The van der Waals surface area contributed by atoms with E-state index in [-0.39, 0.29) is 0 Å². The minimum absolute atomic E-state index is 0.533. The molecule has 0 aliphatic heterocycles. The minimum Gasteiger partial charge on any atom is -0.0619 e. The van der Waals surface area contributed by atoms with Gasteiger partial charge in [-0.2, -0.15) is 14.0 Å². The molecule has 0 atom stereocenters. The second kappa shape index (κ2) is 14.3. The van der Waals surface area contributed by atoms with Crippen LogP contribution < -0.4 is 28.0 Å². The molecule has 0 amide bonds. The first-order valence-corrected chi connectivity index (χ1v) is 21.0. The van der Waals surface area contributed by atoms with E-state index < -0.39 is 51.0 Å². The van der Waals surface area contributed by atoms with Gasteiger partial charge in [-0.25, -0.2) is 0 Å². The van der Waals surface area contributed by atoms with E-state index in [0.29, 0.717) is 21.8 Å². The van der Waals surface area contributed by atoms with Crippen LogP contribution >= 0.6 is 42.3 Å².